The molecular weight excluding hydrogens is 212 g/mol. The summed E-state index contributed by atoms with van der Waals surface area (Å²) in [7, 11) is 0. The molecule has 0 aromatic heterocycles. The third-order valence-electron chi connectivity index (χ3n) is 2.34. The molecule has 0 heterocycles. The number of aliphatic hydroxyl groups excluding tert-OH is 1. The molecule has 0 aromatic carbocycles. The van der Waals surface area contributed by atoms with Crippen molar-refractivity contribution in [3.8, 4) is 0 Å². The molecule has 0 aliphatic carbocycles. The number of esters is 1. The Hall–Kier alpha value is -0.220. The predicted molar refractivity (Wildman–Crippen MR) is 64.0 cm³/mol. The molecule has 4 heteroatoms. The van der Waals surface area contributed by atoms with Crippen molar-refractivity contribution >= 4 is 17.7 Å². The van der Waals surface area contributed by atoms with Crippen molar-refractivity contribution in [3.05, 3.63) is 0 Å². The number of hydrogen-bond acceptors (Lipinski definition) is 4. The number of rotatable bonds is 8. The minimum absolute atomic E-state index is 0.267. The lowest BCUT2D eigenvalue weighted by molar-refractivity contribution is -0.152. The van der Waals surface area contributed by atoms with Gasteiger partial charge in [0.15, 0.2) is 0 Å². The van der Waals surface area contributed by atoms with Crippen LogP contribution in [0.4, 0.5) is 0 Å². The van der Waals surface area contributed by atoms with E-state index in [9.17, 15) is 9.90 Å². The monoisotopic (exact) mass is 234 g/mol. The highest BCUT2D eigenvalue weighted by atomic mass is 32.2. The molecule has 2 atom stereocenters. The maximum absolute atomic E-state index is 11.5. The lowest BCUT2D eigenvalue weighted by atomic mass is 9.96. The Morgan fingerprint density at radius 1 is 1.47 bits per heavy atom. The lowest BCUT2D eigenvalue weighted by Crippen LogP contribution is -2.29. The van der Waals surface area contributed by atoms with Crippen LogP contribution in [0, 0.1) is 5.92 Å². The van der Waals surface area contributed by atoms with Crippen molar-refractivity contribution in [1.82, 2.24) is 0 Å². The Bertz CT molecular complexity index is 173. The number of ether oxygens (including phenoxy) is 1. The van der Waals surface area contributed by atoms with E-state index in [0.29, 0.717) is 19.4 Å². The highest BCUT2D eigenvalue weighted by Gasteiger charge is 2.25. The lowest BCUT2D eigenvalue weighted by Gasteiger charge is -2.19. The molecule has 0 rings (SSSR count). The van der Waals surface area contributed by atoms with Crippen LogP contribution in [0.15, 0.2) is 0 Å². The summed E-state index contributed by atoms with van der Waals surface area (Å²) in [5.74, 6) is 0.402. The van der Waals surface area contributed by atoms with E-state index < -0.39 is 6.10 Å². The van der Waals surface area contributed by atoms with Crippen molar-refractivity contribution in [2.24, 2.45) is 5.92 Å². The van der Waals surface area contributed by atoms with Gasteiger partial charge in [0.25, 0.3) is 0 Å². The Morgan fingerprint density at radius 2 is 2.13 bits per heavy atom. The zero-order chi connectivity index (χ0) is 11.7. The van der Waals surface area contributed by atoms with Gasteiger partial charge in [0, 0.05) is 0 Å². The third kappa shape index (κ3) is 6.05. The Labute approximate surface area is 96.6 Å². The highest BCUT2D eigenvalue weighted by Crippen LogP contribution is 2.16. The summed E-state index contributed by atoms with van der Waals surface area (Å²) < 4.78 is 4.92. The fraction of sp³-hybridized carbons (Fsp3) is 0.909. The average Bonchev–Trinajstić information content (AvgIpc) is 2.19. The summed E-state index contributed by atoms with van der Waals surface area (Å²) in [5.41, 5.74) is 0. The van der Waals surface area contributed by atoms with Crippen LogP contribution in [0.2, 0.25) is 0 Å². The smallest absolute Gasteiger partial charge is 0.311 e. The molecule has 0 aliphatic rings. The van der Waals surface area contributed by atoms with Crippen molar-refractivity contribution in [2.75, 3.05) is 18.6 Å². The van der Waals surface area contributed by atoms with Crippen molar-refractivity contribution < 1.29 is 14.6 Å². The van der Waals surface area contributed by atoms with Crippen LogP contribution in [-0.2, 0) is 9.53 Å². The van der Waals surface area contributed by atoms with Gasteiger partial charge >= 0.3 is 5.97 Å². The van der Waals surface area contributed by atoms with Crippen molar-refractivity contribution in [3.63, 3.8) is 0 Å². The summed E-state index contributed by atoms with van der Waals surface area (Å²) in [5, 5.41) is 9.82. The molecule has 3 nitrogen and oxygen atoms in total. The van der Waals surface area contributed by atoms with E-state index in [-0.39, 0.29) is 11.9 Å². The Morgan fingerprint density at radius 3 is 2.60 bits per heavy atom. The van der Waals surface area contributed by atoms with Gasteiger partial charge in [-0.05, 0) is 38.2 Å². The molecule has 0 aliphatic heterocycles. The molecular formula is C11H22O3S. The van der Waals surface area contributed by atoms with Gasteiger partial charge < -0.3 is 9.84 Å². The average molecular weight is 234 g/mol. The van der Waals surface area contributed by atoms with E-state index in [4.69, 9.17) is 4.74 Å². The van der Waals surface area contributed by atoms with E-state index in [1.807, 2.05) is 13.2 Å². The quantitative estimate of drug-likeness (QED) is 0.516. The van der Waals surface area contributed by atoms with E-state index in [2.05, 4.69) is 0 Å². The van der Waals surface area contributed by atoms with Crippen LogP contribution in [0.5, 0.6) is 0 Å². The zero-order valence-electron chi connectivity index (χ0n) is 9.86. The maximum Gasteiger partial charge on any atom is 0.311 e. The number of hydrogen-bond donors (Lipinski definition) is 1. The molecule has 1 N–H and O–H groups in total. The summed E-state index contributed by atoms with van der Waals surface area (Å²) in [6.45, 7) is 4.07. The van der Waals surface area contributed by atoms with Crippen LogP contribution < -0.4 is 0 Å². The van der Waals surface area contributed by atoms with Crippen molar-refractivity contribution in [2.45, 2.75) is 39.2 Å². The number of carbonyl (C=O) groups excluding carboxylic acids is 1. The summed E-state index contributed by atoms with van der Waals surface area (Å²) in [6, 6.07) is 0. The summed E-state index contributed by atoms with van der Waals surface area (Å²) in [4.78, 5) is 11.5. The fourth-order valence-electron chi connectivity index (χ4n) is 1.48. The van der Waals surface area contributed by atoms with Crippen LogP contribution in [-0.4, -0.2) is 35.8 Å². The molecule has 0 saturated carbocycles. The first-order chi connectivity index (χ1) is 7.17. The van der Waals surface area contributed by atoms with E-state index in [1.54, 1.807) is 18.7 Å². The Kier molecular flexibility index (Phi) is 8.91. The number of thioether (sulfide) groups is 1. The molecule has 90 valence electrons. The molecule has 0 amide bonds. The van der Waals surface area contributed by atoms with Gasteiger partial charge in [-0.3, -0.25) is 4.79 Å². The SMILES string of the molecule is CCOC(=O)C(CC)C(O)CCCSC. The predicted octanol–water partition coefficient (Wildman–Crippen LogP) is 2.08. The fourth-order valence-corrected chi connectivity index (χ4v) is 1.94. The molecule has 0 aromatic rings. The zero-order valence-corrected chi connectivity index (χ0v) is 10.7. The largest absolute Gasteiger partial charge is 0.466 e. The first-order valence-electron chi connectivity index (χ1n) is 5.50. The molecule has 0 bridgehead atoms. The molecule has 15 heavy (non-hydrogen) atoms. The number of carbonyl (C=O) groups is 1. The first-order valence-corrected chi connectivity index (χ1v) is 6.90. The van der Waals surface area contributed by atoms with Gasteiger partial charge in [0.05, 0.1) is 18.6 Å². The second kappa shape index (κ2) is 9.04. The standard InChI is InChI=1S/C11H22O3S/c1-4-9(11(13)14-5-2)10(12)7-6-8-15-3/h9-10,12H,4-8H2,1-3H3. The maximum atomic E-state index is 11.5. The van der Waals surface area contributed by atoms with E-state index in [1.165, 1.54) is 0 Å². The summed E-state index contributed by atoms with van der Waals surface area (Å²) >= 11 is 1.75. The first kappa shape index (κ1) is 14.8. The van der Waals surface area contributed by atoms with Gasteiger partial charge in [0.1, 0.15) is 0 Å². The normalized spacial score (nSPS) is 14.7. The molecule has 0 spiro atoms. The highest BCUT2D eigenvalue weighted by molar-refractivity contribution is 7.98. The van der Waals surface area contributed by atoms with Gasteiger partial charge in [0.2, 0.25) is 0 Å². The van der Waals surface area contributed by atoms with E-state index >= 15 is 0 Å². The van der Waals surface area contributed by atoms with Crippen LogP contribution in [0.1, 0.15) is 33.1 Å². The minimum Gasteiger partial charge on any atom is -0.466 e. The molecule has 0 radical (unpaired) electrons. The second-order valence-electron chi connectivity index (χ2n) is 3.47. The topological polar surface area (TPSA) is 46.5 Å². The van der Waals surface area contributed by atoms with Gasteiger partial charge in [-0.2, -0.15) is 11.8 Å². The van der Waals surface area contributed by atoms with Gasteiger partial charge in [-0.1, -0.05) is 6.92 Å². The number of aliphatic hydroxyl groups is 1. The molecule has 2 unspecified atom stereocenters. The third-order valence-corrected chi connectivity index (χ3v) is 3.04. The van der Waals surface area contributed by atoms with Crippen LogP contribution in [0.25, 0.3) is 0 Å². The van der Waals surface area contributed by atoms with Crippen molar-refractivity contribution in [1.29, 1.82) is 0 Å². The van der Waals surface area contributed by atoms with Gasteiger partial charge in [-0.15, -0.1) is 0 Å². The second-order valence-corrected chi connectivity index (χ2v) is 4.45. The van der Waals surface area contributed by atoms with Gasteiger partial charge in [-0.25, -0.2) is 0 Å². The minimum atomic E-state index is -0.554. The molecule has 0 saturated heterocycles. The molecule has 0 fully saturated rings. The van der Waals surface area contributed by atoms with Crippen LogP contribution >= 0.6 is 11.8 Å². The Balaban J connectivity index is 3.97. The summed E-state index contributed by atoms with van der Waals surface area (Å²) in [6.07, 6.45) is 3.74. The van der Waals surface area contributed by atoms with E-state index in [0.717, 1.165) is 12.2 Å². The van der Waals surface area contributed by atoms with Crippen LogP contribution in [0.3, 0.4) is 0 Å².